The average Bonchev–Trinajstić information content (AvgIpc) is 3.06. The van der Waals surface area contributed by atoms with Gasteiger partial charge in [-0.25, -0.2) is 0 Å². The summed E-state index contributed by atoms with van der Waals surface area (Å²) < 4.78 is 67.3. The zero-order valence-electron chi connectivity index (χ0n) is 29.4. The van der Waals surface area contributed by atoms with Crippen molar-refractivity contribution in [2.24, 2.45) is 0 Å². The van der Waals surface area contributed by atoms with Crippen molar-refractivity contribution in [2.75, 3.05) is 120 Å². The molecule has 0 spiro atoms. The van der Waals surface area contributed by atoms with E-state index in [1.165, 1.54) is 5.57 Å². The Morgan fingerprint density at radius 3 is 1.34 bits per heavy atom. The Labute approximate surface area is 282 Å². The molecule has 0 amide bonds. The molecule has 0 fully saturated rings. The van der Waals surface area contributed by atoms with Crippen LogP contribution in [-0.2, 0) is 47.4 Å². The third-order valence-corrected chi connectivity index (χ3v) is 7.07. The van der Waals surface area contributed by atoms with Gasteiger partial charge in [0.1, 0.15) is 11.5 Å². The van der Waals surface area contributed by atoms with E-state index in [4.69, 9.17) is 56.8 Å². The molecule has 1 aliphatic rings. The molecule has 0 radical (unpaired) electrons. The summed E-state index contributed by atoms with van der Waals surface area (Å²) in [6.07, 6.45) is 4.61. The molecule has 0 bridgehead atoms. The number of hydrogen-bond acceptors (Lipinski definition) is 12. The third kappa shape index (κ3) is 20.3. The topological polar surface area (TPSA) is 111 Å². The maximum absolute atomic E-state index is 6.31. The van der Waals surface area contributed by atoms with E-state index in [2.05, 4.69) is 13.0 Å². The van der Waals surface area contributed by atoms with Crippen LogP contribution < -0.4 is 9.47 Å². The normalized spacial score (nSPS) is 16.2. The Balaban J connectivity index is 1.74. The highest BCUT2D eigenvalue weighted by molar-refractivity contribution is 5.49. The largest absolute Gasteiger partial charge is 0.465 e. The summed E-state index contributed by atoms with van der Waals surface area (Å²) in [7, 11) is 3.30. The Bertz CT molecular complexity index is 860. The van der Waals surface area contributed by atoms with E-state index in [-0.39, 0.29) is 5.92 Å². The smallest absolute Gasteiger partial charge is 0.197 e. The van der Waals surface area contributed by atoms with Crippen LogP contribution in [-0.4, -0.2) is 133 Å². The molecule has 1 aromatic rings. The molecule has 12 heteroatoms. The van der Waals surface area contributed by atoms with Crippen molar-refractivity contribution in [3.05, 3.63) is 35.4 Å². The summed E-state index contributed by atoms with van der Waals surface area (Å²) in [5.41, 5.74) is 2.38. The second-order valence-electron chi connectivity index (χ2n) is 11.0. The first kappa shape index (κ1) is 41.3. The van der Waals surface area contributed by atoms with Crippen LogP contribution in [0.25, 0.3) is 0 Å². The molecule has 1 aliphatic carbocycles. The van der Waals surface area contributed by atoms with E-state index in [1.807, 2.05) is 32.0 Å². The number of allylic oxidation sites excluding steroid dienone is 2. The van der Waals surface area contributed by atoms with E-state index in [0.717, 1.165) is 36.3 Å². The van der Waals surface area contributed by atoms with Gasteiger partial charge in [-0.2, -0.15) is 0 Å². The van der Waals surface area contributed by atoms with E-state index in [0.29, 0.717) is 106 Å². The first-order valence-electron chi connectivity index (χ1n) is 16.9. The number of benzene rings is 1. The van der Waals surface area contributed by atoms with Crippen LogP contribution in [0.5, 0.6) is 11.5 Å². The first-order chi connectivity index (χ1) is 23.0. The van der Waals surface area contributed by atoms with E-state index >= 15 is 0 Å². The van der Waals surface area contributed by atoms with Crippen molar-refractivity contribution >= 4 is 0 Å². The molecular formula is C35H60O12. The summed E-state index contributed by atoms with van der Waals surface area (Å²) in [5.74, 6) is 1.66. The van der Waals surface area contributed by atoms with Crippen LogP contribution in [0.2, 0.25) is 0 Å². The monoisotopic (exact) mass is 672 g/mol. The fraction of sp³-hybridized carbons (Fsp3) is 0.771. The highest BCUT2D eigenvalue weighted by Gasteiger charge is 2.24. The summed E-state index contributed by atoms with van der Waals surface area (Å²) in [4.78, 5) is 0. The molecule has 3 unspecified atom stereocenters. The molecule has 0 aliphatic heterocycles. The molecule has 0 aromatic heterocycles. The van der Waals surface area contributed by atoms with Gasteiger partial charge in [0.25, 0.3) is 0 Å². The quantitative estimate of drug-likeness (QED) is 0.0615. The van der Waals surface area contributed by atoms with Crippen LogP contribution in [0.4, 0.5) is 0 Å². The van der Waals surface area contributed by atoms with Crippen LogP contribution in [0.1, 0.15) is 51.5 Å². The summed E-state index contributed by atoms with van der Waals surface area (Å²) in [6, 6.07) is 5.88. The van der Waals surface area contributed by atoms with Crippen molar-refractivity contribution in [3.63, 3.8) is 0 Å². The minimum Gasteiger partial charge on any atom is -0.465 e. The second-order valence-corrected chi connectivity index (χ2v) is 11.0. The molecule has 1 aromatic carbocycles. The van der Waals surface area contributed by atoms with Gasteiger partial charge in [-0.05, 0) is 52.2 Å². The van der Waals surface area contributed by atoms with Gasteiger partial charge in [0.05, 0.1) is 106 Å². The lowest BCUT2D eigenvalue weighted by Crippen LogP contribution is -2.22. The van der Waals surface area contributed by atoms with E-state index in [1.54, 1.807) is 14.2 Å². The summed E-state index contributed by atoms with van der Waals surface area (Å²) in [5, 5.41) is 0. The number of hydrogen-bond donors (Lipinski definition) is 0. The maximum atomic E-state index is 6.31. The standard InChI is InChI=1S/C35H60O12/c1-29-8-6-9-32(28-29)35-33(46-30(2)44-26-24-42-22-20-40-18-16-38-14-12-36-4)10-7-11-34(35)47-31(3)45-27-25-43-23-21-41-19-17-39-15-13-37-5/h7,10-11,28,30-32H,6,8-9,12-27H2,1-5H3. The molecule has 47 heavy (non-hydrogen) atoms. The van der Waals surface area contributed by atoms with E-state index in [9.17, 15) is 0 Å². The van der Waals surface area contributed by atoms with Gasteiger partial charge in [-0.3, -0.25) is 0 Å². The lowest BCUT2D eigenvalue weighted by Gasteiger charge is -2.27. The third-order valence-electron chi connectivity index (χ3n) is 7.07. The molecule has 0 saturated carbocycles. The molecule has 12 nitrogen and oxygen atoms in total. The summed E-state index contributed by atoms with van der Waals surface area (Å²) >= 11 is 0. The zero-order valence-corrected chi connectivity index (χ0v) is 29.4. The Hall–Kier alpha value is -1.84. The second kappa shape index (κ2) is 28.0. The fourth-order valence-corrected chi connectivity index (χ4v) is 4.77. The molecule has 272 valence electrons. The number of rotatable bonds is 31. The molecular weight excluding hydrogens is 612 g/mol. The highest BCUT2D eigenvalue weighted by Crippen LogP contribution is 2.42. The molecule has 2 rings (SSSR count). The predicted molar refractivity (Wildman–Crippen MR) is 178 cm³/mol. The number of ether oxygens (including phenoxy) is 12. The van der Waals surface area contributed by atoms with Crippen LogP contribution in [0, 0.1) is 0 Å². The van der Waals surface area contributed by atoms with Gasteiger partial charge >= 0.3 is 0 Å². The Morgan fingerprint density at radius 2 is 0.957 bits per heavy atom. The van der Waals surface area contributed by atoms with Gasteiger partial charge in [-0.15, -0.1) is 0 Å². The Kier molecular flexibility index (Phi) is 24.7. The lowest BCUT2D eigenvalue weighted by molar-refractivity contribution is -0.0902. The highest BCUT2D eigenvalue weighted by atomic mass is 16.7. The van der Waals surface area contributed by atoms with Crippen LogP contribution in [0.15, 0.2) is 29.8 Å². The van der Waals surface area contributed by atoms with Crippen molar-refractivity contribution in [1.82, 2.24) is 0 Å². The van der Waals surface area contributed by atoms with Crippen molar-refractivity contribution in [3.8, 4) is 11.5 Å². The predicted octanol–water partition coefficient (Wildman–Crippen LogP) is 4.78. The molecule has 0 heterocycles. The van der Waals surface area contributed by atoms with Gasteiger partial charge in [0.2, 0.25) is 0 Å². The van der Waals surface area contributed by atoms with Crippen molar-refractivity contribution < 1.29 is 56.8 Å². The first-order valence-corrected chi connectivity index (χ1v) is 16.9. The van der Waals surface area contributed by atoms with Gasteiger partial charge in [0, 0.05) is 25.7 Å². The van der Waals surface area contributed by atoms with Gasteiger partial charge in [0.15, 0.2) is 12.6 Å². The molecule has 0 saturated heterocycles. The van der Waals surface area contributed by atoms with E-state index < -0.39 is 12.6 Å². The average molecular weight is 673 g/mol. The zero-order chi connectivity index (χ0) is 33.8. The fourth-order valence-electron chi connectivity index (χ4n) is 4.77. The summed E-state index contributed by atoms with van der Waals surface area (Å²) in [6.45, 7) is 14.0. The van der Waals surface area contributed by atoms with Crippen LogP contribution in [0.3, 0.4) is 0 Å². The SMILES string of the molecule is COCCOCCOCCOCCOC(C)Oc1cccc(OC(C)OCCOCCOCCOCCOC)c1C1C=C(C)CCC1. The lowest BCUT2D eigenvalue weighted by atomic mass is 9.85. The van der Waals surface area contributed by atoms with Crippen LogP contribution >= 0.6 is 0 Å². The van der Waals surface area contributed by atoms with Gasteiger partial charge < -0.3 is 56.8 Å². The minimum atomic E-state index is -0.472. The van der Waals surface area contributed by atoms with Gasteiger partial charge in [-0.1, -0.05) is 17.7 Å². The minimum absolute atomic E-state index is 0.178. The molecule has 0 N–H and O–H groups in total. The van der Waals surface area contributed by atoms with Crippen molar-refractivity contribution in [1.29, 1.82) is 0 Å². The van der Waals surface area contributed by atoms with Crippen molar-refractivity contribution in [2.45, 2.75) is 58.5 Å². The number of methoxy groups -OCH3 is 2. The maximum Gasteiger partial charge on any atom is 0.197 e. The molecule has 3 atom stereocenters. The Morgan fingerprint density at radius 1 is 0.574 bits per heavy atom.